The SMILES string of the molecule is CC(C)c1cnc(CN(C)S(=O)(=O)C(C)C)o1. The van der Waals surface area contributed by atoms with Crippen LogP contribution in [0.15, 0.2) is 10.6 Å². The van der Waals surface area contributed by atoms with Crippen LogP contribution in [0.1, 0.15) is 45.3 Å². The molecule has 1 aromatic heterocycles. The molecule has 0 aliphatic rings. The molecule has 0 saturated carbocycles. The molecule has 6 heteroatoms. The molecule has 0 bridgehead atoms. The summed E-state index contributed by atoms with van der Waals surface area (Å²) in [6.07, 6.45) is 1.65. The van der Waals surface area contributed by atoms with Gasteiger partial charge in [-0.1, -0.05) is 13.8 Å². The first kappa shape index (κ1) is 14.2. The van der Waals surface area contributed by atoms with Crippen LogP contribution in [0.25, 0.3) is 0 Å². The summed E-state index contributed by atoms with van der Waals surface area (Å²) in [6.45, 7) is 7.48. The van der Waals surface area contributed by atoms with Crippen LogP contribution in [0.3, 0.4) is 0 Å². The van der Waals surface area contributed by atoms with Gasteiger partial charge in [-0.2, -0.15) is 4.31 Å². The summed E-state index contributed by atoms with van der Waals surface area (Å²) in [5, 5.41) is -0.438. The summed E-state index contributed by atoms with van der Waals surface area (Å²) in [5.74, 6) is 1.46. The smallest absolute Gasteiger partial charge is 0.216 e. The Morgan fingerprint density at radius 3 is 2.35 bits per heavy atom. The summed E-state index contributed by atoms with van der Waals surface area (Å²) in [5.41, 5.74) is 0. The molecular weight excluding hydrogens is 240 g/mol. The molecule has 0 aliphatic carbocycles. The number of aromatic nitrogens is 1. The minimum atomic E-state index is -3.25. The van der Waals surface area contributed by atoms with Crippen LogP contribution in [0.4, 0.5) is 0 Å². The lowest BCUT2D eigenvalue weighted by Gasteiger charge is -2.17. The van der Waals surface area contributed by atoms with Gasteiger partial charge in [0, 0.05) is 13.0 Å². The van der Waals surface area contributed by atoms with Crippen LogP contribution >= 0.6 is 0 Å². The number of nitrogens with zero attached hydrogens (tertiary/aromatic N) is 2. The lowest BCUT2D eigenvalue weighted by atomic mass is 10.2. The zero-order valence-electron chi connectivity index (χ0n) is 11.0. The molecule has 0 amide bonds. The number of rotatable bonds is 5. The predicted molar refractivity (Wildman–Crippen MR) is 66.1 cm³/mol. The van der Waals surface area contributed by atoms with Crippen LogP contribution in [0.2, 0.25) is 0 Å². The number of oxazole rings is 1. The number of hydrogen-bond donors (Lipinski definition) is 0. The highest BCUT2D eigenvalue weighted by molar-refractivity contribution is 7.89. The van der Waals surface area contributed by atoms with Gasteiger partial charge in [0.2, 0.25) is 15.9 Å². The minimum absolute atomic E-state index is 0.174. The summed E-state index contributed by atoms with van der Waals surface area (Å²) >= 11 is 0. The second-order valence-corrected chi connectivity index (χ2v) is 7.26. The molecule has 0 fully saturated rings. The Labute approximate surface area is 103 Å². The highest BCUT2D eigenvalue weighted by atomic mass is 32.2. The highest BCUT2D eigenvalue weighted by Crippen LogP contribution is 2.17. The van der Waals surface area contributed by atoms with Gasteiger partial charge in [-0.05, 0) is 13.8 Å². The monoisotopic (exact) mass is 260 g/mol. The Kier molecular flexibility index (Phi) is 4.32. The van der Waals surface area contributed by atoms with Crippen molar-refractivity contribution in [2.24, 2.45) is 0 Å². The van der Waals surface area contributed by atoms with Gasteiger partial charge in [0.25, 0.3) is 0 Å². The van der Waals surface area contributed by atoms with E-state index in [4.69, 9.17) is 4.42 Å². The maximum Gasteiger partial charge on any atom is 0.216 e. The van der Waals surface area contributed by atoms with Gasteiger partial charge in [0.05, 0.1) is 18.0 Å². The van der Waals surface area contributed by atoms with Crippen molar-refractivity contribution in [3.8, 4) is 0 Å². The van der Waals surface area contributed by atoms with Crippen molar-refractivity contribution in [1.82, 2.24) is 9.29 Å². The molecule has 0 aliphatic heterocycles. The van der Waals surface area contributed by atoms with Gasteiger partial charge in [-0.3, -0.25) is 0 Å². The zero-order chi connectivity index (χ0) is 13.2. The second kappa shape index (κ2) is 5.18. The van der Waals surface area contributed by atoms with E-state index >= 15 is 0 Å². The predicted octanol–water partition coefficient (Wildman–Crippen LogP) is 1.97. The van der Waals surface area contributed by atoms with Crippen molar-refractivity contribution in [3.05, 3.63) is 17.8 Å². The normalized spacial score (nSPS) is 12.9. The van der Waals surface area contributed by atoms with Crippen molar-refractivity contribution >= 4 is 10.0 Å². The van der Waals surface area contributed by atoms with Gasteiger partial charge in [0.15, 0.2) is 0 Å². The van der Waals surface area contributed by atoms with Crippen LogP contribution in [0.5, 0.6) is 0 Å². The maximum absolute atomic E-state index is 11.8. The van der Waals surface area contributed by atoms with Crippen LogP contribution in [-0.4, -0.2) is 30.0 Å². The van der Waals surface area contributed by atoms with Crippen LogP contribution in [0, 0.1) is 0 Å². The third-order valence-electron chi connectivity index (χ3n) is 2.53. The van der Waals surface area contributed by atoms with E-state index in [0.29, 0.717) is 5.89 Å². The number of sulfonamides is 1. The molecule has 0 aromatic carbocycles. The Hall–Kier alpha value is -0.880. The first-order chi connectivity index (χ1) is 7.75. The Morgan fingerprint density at radius 2 is 1.94 bits per heavy atom. The zero-order valence-corrected chi connectivity index (χ0v) is 11.8. The summed E-state index contributed by atoms with van der Waals surface area (Å²) in [6, 6.07) is 0. The quantitative estimate of drug-likeness (QED) is 0.812. The Morgan fingerprint density at radius 1 is 1.35 bits per heavy atom. The molecular formula is C11H20N2O3S. The topological polar surface area (TPSA) is 63.4 Å². The van der Waals surface area contributed by atoms with Gasteiger partial charge in [-0.15, -0.1) is 0 Å². The van der Waals surface area contributed by atoms with Crippen molar-refractivity contribution in [3.63, 3.8) is 0 Å². The van der Waals surface area contributed by atoms with E-state index in [1.165, 1.54) is 11.4 Å². The third-order valence-corrected chi connectivity index (χ3v) is 4.72. The van der Waals surface area contributed by atoms with Crippen molar-refractivity contribution < 1.29 is 12.8 Å². The van der Waals surface area contributed by atoms with Crippen molar-refractivity contribution in [1.29, 1.82) is 0 Å². The first-order valence-corrected chi connectivity index (χ1v) is 7.15. The van der Waals surface area contributed by atoms with E-state index in [2.05, 4.69) is 4.98 Å². The summed E-state index contributed by atoms with van der Waals surface area (Å²) in [7, 11) is -1.72. The van der Waals surface area contributed by atoms with E-state index in [0.717, 1.165) is 5.76 Å². The molecule has 0 unspecified atom stereocenters. The molecule has 98 valence electrons. The summed E-state index contributed by atoms with van der Waals surface area (Å²) < 4.78 is 30.4. The largest absolute Gasteiger partial charge is 0.444 e. The molecule has 1 heterocycles. The van der Waals surface area contributed by atoms with Gasteiger partial charge in [0.1, 0.15) is 5.76 Å². The summed E-state index contributed by atoms with van der Waals surface area (Å²) in [4.78, 5) is 4.08. The van der Waals surface area contributed by atoms with E-state index in [1.54, 1.807) is 20.0 Å². The molecule has 17 heavy (non-hydrogen) atoms. The van der Waals surface area contributed by atoms with E-state index in [1.807, 2.05) is 13.8 Å². The highest BCUT2D eigenvalue weighted by Gasteiger charge is 2.23. The molecule has 0 atom stereocenters. The Balaban J connectivity index is 2.78. The average Bonchev–Trinajstić information content (AvgIpc) is 2.65. The first-order valence-electron chi connectivity index (χ1n) is 5.65. The second-order valence-electron chi connectivity index (χ2n) is 4.66. The van der Waals surface area contributed by atoms with E-state index in [-0.39, 0.29) is 12.5 Å². The standard InChI is InChI=1S/C11H20N2O3S/c1-8(2)10-6-12-11(16-10)7-13(5)17(14,15)9(3)4/h6,8-9H,7H2,1-5H3. The van der Waals surface area contributed by atoms with Crippen LogP contribution < -0.4 is 0 Å². The fourth-order valence-electron chi connectivity index (χ4n) is 1.30. The molecule has 0 spiro atoms. The van der Waals surface area contributed by atoms with E-state index in [9.17, 15) is 8.42 Å². The van der Waals surface area contributed by atoms with Crippen LogP contribution in [-0.2, 0) is 16.6 Å². The Bertz CT molecular complexity index is 463. The van der Waals surface area contributed by atoms with Gasteiger partial charge < -0.3 is 4.42 Å². The average molecular weight is 260 g/mol. The number of hydrogen-bond acceptors (Lipinski definition) is 4. The molecule has 1 aromatic rings. The van der Waals surface area contributed by atoms with Crippen molar-refractivity contribution in [2.45, 2.75) is 45.4 Å². The third kappa shape index (κ3) is 3.29. The molecule has 5 nitrogen and oxygen atoms in total. The fourth-order valence-corrected chi connectivity index (χ4v) is 2.31. The lowest BCUT2D eigenvalue weighted by molar-refractivity contribution is 0.373. The lowest BCUT2D eigenvalue weighted by Crippen LogP contribution is -2.32. The fraction of sp³-hybridized carbons (Fsp3) is 0.727. The van der Waals surface area contributed by atoms with Gasteiger partial charge in [-0.25, -0.2) is 13.4 Å². The molecule has 1 rings (SSSR count). The van der Waals surface area contributed by atoms with Gasteiger partial charge >= 0.3 is 0 Å². The van der Waals surface area contributed by atoms with Crippen molar-refractivity contribution in [2.75, 3.05) is 7.05 Å². The maximum atomic E-state index is 11.8. The molecule has 0 radical (unpaired) electrons. The van der Waals surface area contributed by atoms with E-state index < -0.39 is 15.3 Å². The molecule has 0 N–H and O–H groups in total. The molecule has 0 saturated heterocycles. The minimum Gasteiger partial charge on any atom is -0.444 e.